The number of hydrogen-bond acceptors (Lipinski definition) is 4. The average Bonchev–Trinajstić information content (AvgIpc) is 2.67. The number of nitrogens with zero attached hydrogens (tertiary/aromatic N) is 3. The number of aryl methyl sites for hydroxylation is 2. The van der Waals surface area contributed by atoms with Crippen LogP contribution in [0.15, 0.2) is 59.8 Å². The van der Waals surface area contributed by atoms with Gasteiger partial charge in [-0.3, -0.25) is 4.90 Å². The molecule has 0 saturated carbocycles. The molecule has 27 heavy (non-hydrogen) atoms. The molecule has 0 aromatic heterocycles. The van der Waals surface area contributed by atoms with Gasteiger partial charge in [-0.2, -0.15) is 0 Å². The second kappa shape index (κ2) is 11.7. The van der Waals surface area contributed by atoms with E-state index in [2.05, 4.69) is 76.6 Å². The summed E-state index contributed by atoms with van der Waals surface area (Å²) in [5.74, 6) is 0. The molecule has 1 fully saturated rings. The number of piperazine rings is 1. The molecule has 2 aromatic carbocycles. The van der Waals surface area contributed by atoms with Gasteiger partial charge in [0, 0.05) is 38.3 Å². The van der Waals surface area contributed by atoms with Crippen molar-refractivity contribution in [3.63, 3.8) is 0 Å². The van der Waals surface area contributed by atoms with E-state index < -0.39 is 0 Å². The van der Waals surface area contributed by atoms with Crippen LogP contribution < -0.4 is 0 Å². The first-order valence-corrected chi connectivity index (χ1v) is 8.99. The van der Waals surface area contributed by atoms with Gasteiger partial charge in [0.2, 0.25) is 0 Å². The summed E-state index contributed by atoms with van der Waals surface area (Å²) in [6.45, 7) is 4.87. The standard InChI is InChI=1S/C21H27N3O.ClH.H2O/c1-23-13-15-24(16-14-23)17-21(22-25)20-11-9-19(10-12-20)8-7-18-5-3-2-4-6-18;;/h2-6,9-12,25H,7-8,13-17H2,1H3;1H;1H2. The topological polar surface area (TPSA) is 70.6 Å². The first-order chi connectivity index (χ1) is 12.2. The van der Waals surface area contributed by atoms with Crippen LogP contribution in [-0.2, 0) is 12.8 Å². The van der Waals surface area contributed by atoms with Crippen LogP contribution in [0.5, 0.6) is 0 Å². The fourth-order valence-electron chi connectivity index (χ4n) is 3.20. The quantitative estimate of drug-likeness (QED) is 0.467. The van der Waals surface area contributed by atoms with E-state index in [0.29, 0.717) is 6.54 Å². The summed E-state index contributed by atoms with van der Waals surface area (Å²) in [6.07, 6.45) is 2.07. The van der Waals surface area contributed by atoms with Gasteiger partial charge in [-0.25, -0.2) is 0 Å². The third-order valence-electron chi connectivity index (χ3n) is 4.92. The van der Waals surface area contributed by atoms with Gasteiger partial charge in [-0.15, -0.1) is 12.4 Å². The van der Waals surface area contributed by atoms with Crippen molar-refractivity contribution in [2.45, 2.75) is 12.8 Å². The summed E-state index contributed by atoms with van der Waals surface area (Å²) in [7, 11) is 2.15. The molecule has 3 N–H and O–H groups in total. The molecule has 0 bridgehead atoms. The summed E-state index contributed by atoms with van der Waals surface area (Å²) >= 11 is 0. The van der Waals surface area contributed by atoms with Crippen LogP contribution in [-0.4, -0.2) is 66.0 Å². The molecule has 1 aliphatic rings. The minimum Gasteiger partial charge on any atom is -0.412 e. The third-order valence-corrected chi connectivity index (χ3v) is 4.92. The molecule has 0 radical (unpaired) electrons. The summed E-state index contributed by atoms with van der Waals surface area (Å²) in [4.78, 5) is 4.67. The van der Waals surface area contributed by atoms with E-state index in [1.165, 1.54) is 11.1 Å². The van der Waals surface area contributed by atoms with Crippen LogP contribution in [0.4, 0.5) is 0 Å². The fourth-order valence-corrected chi connectivity index (χ4v) is 3.20. The second-order valence-electron chi connectivity index (χ2n) is 6.81. The van der Waals surface area contributed by atoms with Crippen molar-refractivity contribution in [1.29, 1.82) is 0 Å². The van der Waals surface area contributed by atoms with Crippen molar-refractivity contribution in [2.24, 2.45) is 5.16 Å². The molecular formula is C21H30ClN3O2. The highest BCUT2D eigenvalue weighted by Crippen LogP contribution is 2.11. The first-order valence-electron chi connectivity index (χ1n) is 8.99. The lowest BCUT2D eigenvalue weighted by atomic mass is 10.0. The predicted octanol–water partition coefficient (Wildman–Crippen LogP) is 2.49. The van der Waals surface area contributed by atoms with Gasteiger partial charge in [0.1, 0.15) is 5.71 Å². The summed E-state index contributed by atoms with van der Waals surface area (Å²) < 4.78 is 0. The number of likely N-dealkylation sites (N-methyl/N-ethyl adjacent to an activating group) is 1. The Morgan fingerprint density at radius 1 is 0.889 bits per heavy atom. The molecule has 148 valence electrons. The van der Waals surface area contributed by atoms with Crippen LogP contribution in [0.3, 0.4) is 0 Å². The van der Waals surface area contributed by atoms with Gasteiger partial charge in [-0.05, 0) is 31.0 Å². The largest absolute Gasteiger partial charge is 0.412 e. The van der Waals surface area contributed by atoms with Crippen LogP contribution in [0.25, 0.3) is 0 Å². The molecule has 1 saturated heterocycles. The van der Waals surface area contributed by atoms with Crippen molar-refractivity contribution in [3.8, 4) is 0 Å². The van der Waals surface area contributed by atoms with Crippen molar-refractivity contribution >= 4 is 18.1 Å². The van der Waals surface area contributed by atoms with Crippen LogP contribution >= 0.6 is 12.4 Å². The van der Waals surface area contributed by atoms with Crippen LogP contribution in [0, 0.1) is 0 Å². The normalized spacial score (nSPS) is 15.7. The zero-order valence-corrected chi connectivity index (χ0v) is 16.7. The maximum absolute atomic E-state index is 9.43. The monoisotopic (exact) mass is 391 g/mol. The summed E-state index contributed by atoms with van der Waals surface area (Å²) in [5.41, 5.74) is 4.42. The zero-order valence-electron chi connectivity index (χ0n) is 15.8. The van der Waals surface area contributed by atoms with E-state index in [4.69, 9.17) is 0 Å². The van der Waals surface area contributed by atoms with E-state index in [9.17, 15) is 5.21 Å². The van der Waals surface area contributed by atoms with Crippen LogP contribution in [0.1, 0.15) is 16.7 Å². The molecule has 0 unspecified atom stereocenters. The molecule has 5 nitrogen and oxygen atoms in total. The molecule has 0 aliphatic carbocycles. The Morgan fingerprint density at radius 3 is 2.00 bits per heavy atom. The van der Waals surface area contributed by atoms with Gasteiger partial charge >= 0.3 is 0 Å². The van der Waals surface area contributed by atoms with Crippen molar-refractivity contribution in [2.75, 3.05) is 39.8 Å². The van der Waals surface area contributed by atoms with Crippen molar-refractivity contribution in [1.82, 2.24) is 9.80 Å². The molecule has 0 spiro atoms. The van der Waals surface area contributed by atoms with Crippen molar-refractivity contribution < 1.29 is 10.7 Å². The van der Waals surface area contributed by atoms with Crippen LogP contribution in [0.2, 0.25) is 0 Å². The minimum absolute atomic E-state index is 0. The summed E-state index contributed by atoms with van der Waals surface area (Å²) in [5, 5.41) is 13.0. The van der Waals surface area contributed by atoms with Gasteiger partial charge < -0.3 is 15.6 Å². The lowest BCUT2D eigenvalue weighted by molar-refractivity contribution is 0.169. The van der Waals surface area contributed by atoms with Gasteiger partial charge in [0.05, 0.1) is 0 Å². The summed E-state index contributed by atoms with van der Waals surface area (Å²) in [6, 6.07) is 19.0. The van der Waals surface area contributed by atoms with Gasteiger partial charge in [-0.1, -0.05) is 59.8 Å². The number of halogens is 1. The Hall–Kier alpha value is -1.92. The Balaban J connectivity index is 0.00000182. The highest BCUT2D eigenvalue weighted by molar-refractivity contribution is 6.01. The Labute approximate surface area is 168 Å². The third kappa shape index (κ3) is 6.96. The van der Waals surface area contributed by atoms with E-state index in [0.717, 1.165) is 50.3 Å². The minimum atomic E-state index is 0. The maximum Gasteiger partial charge on any atom is 0.101 e. The molecule has 1 aliphatic heterocycles. The zero-order chi connectivity index (χ0) is 17.5. The molecule has 0 atom stereocenters. The SMILES string of the molecule is CN1CCN(CC(=NO)c2ccc(CCc3ccccc3)cc2)CC1.Cl.O. The molecule has 0 amide bonds. The predicted molar refractivity (Wildman–Crippen MR) is 113 cm³/mol. The molecule has 1 heterocycles. The van der Waals surface area contributed by atoms with E-state index in [1.54, 1.807) is 0 Å². The van der Waals surface area contributed by atoms with Gasteiger partial charge in [0.15, 0.2) is 0 Å². The highest BCUT2D eigenvalue weighted by Gasteiger charge is 2.16. The number of hydrogen-bond donors (Lipinski definition) is 1. The number of oxime groups is 1. The molecular weight excluding hydrogens is 362 g/mol. The number of benzene rings is 2. The van der Waals surface area contributed by atoms with E-state index in [1.807, 2.05) is 0 Å². The average molecular weight is 392 g/mol. The first kappa shape index (κ1) is 23.1. The Kier molecular flexibility index (Phi) is 10.0. The Morgan fingerprint density at radius 2 is 1.44 bits per heavy atom. The highest BCUT2D eigenvalue weighted by atomic mass is 35.5. The molecule has 6 heteroatoms. The molecule has 2 aromatic rings. The molecule has 3 rings (SSSR count). The van der Waals surface area contributed by atoms with E-state index in [-0.39, 0.29) is 17.9 Å². The van der Waals surface area contributed by atoms with Crippen molar-refractivity contribution in [3.05, 3.63) is 71.3 Å². The van der Waals surface area contributed by atoms with Gasteiger partial charge in [0.25, 0.3) is 0 Å². The fraction of sp³-hybridized carbons (Fsp3) is 0.381. The Bertz CT molecular complexity index is 684. The maximum atomic E-state index is 9.43. The number of rotatable bonds is 6. The lowest BCUT2D eigenvalue weighted by Crippen LogP contribution is -2.46. The smallest absolute Gasteiger partial charge is 0.101 e. The van der Waals surface area contributed by atoms with E-state index >= 15 is 0 Å². The lowest BCUT2D eigenvalue weighted by Gasteiger charge is -2.32. The second-order valence-corrected chi connectivity index (χ2v) is 6.81.